The molecule has 0 aliphatic carbocycles. The molecule has 34 heavy (non-hydrogen) atoms. The van der Waals surface area contributed by atoms with E-state index in [0.717, 1.165) is 27.4 Å². The van der Waals surface area contributed by atoms with Gasteiger partial charge in [0.05, 0.1) is 21.5 Å². The Hall–Kier alpha value is -3.56. The summed E-state index contributed by atoms with van der Waals surface area (Å²) >= 11 is 2.85. The van der Waals surface area contributed by atoms with Gasteiger partial charge >= 0.3 is 0 Å². The number of aromatic nitrogens is 3. The standard InChI is InChI=1S/C25H23N5O2S2/c1-14-8-5-6-9-18(14)27-23(31)21-16(3)26-25-30(22(21)19-10-7-11-33-19)24(32)20(34-25)12-17-13-29(4)28-15(17)2/h5-13,22H,1-4H3,(H,27,31)/b20-12+. The van der Waals surface area contributed by atoms with Gasteiger partial charge in [0, 0.05) is 29.4 Å². The van der Waals surface area contributed by atoms with Crippen LogP contribution in [0.3, 0.4) is 0 Å². The Balaban J connectivity index is 1.66. The number of anilines is 1. The Bertz CT molecular complexity index is 1620. The zero-order valence-corrected chi connectivity index (χ0v) is 20.8. The number of thiazole rings is 1. The van der Waals surface area contributed by atoms with Crippen molar-refractivity contribution in [1.82, 2.24) is 14.3 Å². The molecule has 1 aliphatic rings. The highest BCUT2D eigenvalue weighted by molar-refractivity contribution is 7.10. The first-order valence-electron chi connectivity index (χ1n) is 10.8. The highest BCUT2D eigenvalue weighted by atomic mass is 32.1. The van der Waals surface area contributed by atoms with Crippen LogP contribution in [0.25, 0.3) is 6.08 Å². The second kappa shape index (κ2) is 8.66. The van der Waals surface area contributed by atoms with Crippen LogP contribution in [0.5, 0.6) is 0 Å². The number of para-hydroxylation sites is 1. The molecule has 5 rings (SSSR count). The Morgan fingerprint density at radius 1 is 1.15 bits per heavy atom. The molecule has 7 nitrogen and oxygen atoms in total. The number of nitrogens with zero attached hydrogens (tertiary/aromatic N) is 4. The Morgan fingerprint density at radius 2 is 1.94 bits per heavy atom. The van der Waals surface area contributed by atoms with E-state index in [1.807, 2.05) is 81.9 Å². The van der Waals surface area contributed by atoms with E-state index in [1.54, 1.807) is 9.25 Å². The molecule has 0 saturated heterocycles. The zero-order valence-electron chi connectivity index (χ0n) is 19.2. The van der Waals surface area contributed by atoms with Gasteiger partial charge < -0.3 is 5.32 Å². The monoisotopic (exact) mass is 489 g/mol. The first-order chi connectivity index (χ1) is 16.3. The quantitative estimate of drug-likeness (QED) is 0.478. The van der Waals surface area contributed by atoms with Gasteiger partial charge in [-0.15, -0.1) is 11.3 Å². The van der Waals surface area contributed by atoms with Crippen LogP contribution in [-0.2, 0) is 11.8 Å². The maximum atomic E-state index is 13.6. The van der Waals surface area contributed by atoms with Crippen LogP contribution in [0, 0.1) is 13.8 Å². The van der Waals surface area contributed by atoms with Gasteiger partial charge in [-0.25, -0.2) is 4.99 Å². The summed E-state index contributed by atoms with van der Waals surface area (Å²) in [7, 11) is 1.85. The van der Waals surface area contributed by atoms with E-state index in [9.17, 15) is 9.59 Å². The van der Waals surface area contributed by atoms with Crippen molar-refractivity contribution in [2.24, 2.45) is 12.0 Å². The average Bonchev–Trinajstić information content (AvgIpc) is 3.50. The van der Waals surface area contributed by atoms with Gasteiger partial charge in [0.15, 0.2) is 4.80 Å². The minimum absolute atomic E-state index is 0.168. The summed E-state index contributed by atoms with van der Waals surface area (Å²) in [5.41, 5.74) is 4.34. The van der Waals surface area contributed by atoms with Crippen molar-refractivity contribution in [1.29, 1.82) is 0 Å². The van der Waals surface area contributed by atoms with E-state index in [2.05, 4.69) is 15.4 Å². The van der Waals surface area contributed by atoms with Crippen molar-refractivity contribution in [3.63, 3.8) is 0 Å². The lowest BCUT2D eigenvalue weighted by atomic mass is 10.0. The summed E-state index contributed by atoms with van der Waals surface area (Å²) in [6.45, 7) is 5.69. The van der Waals surface area contributed by atoms with E-state index in [-0.39, 0.29) is 11.5 Å². The lowest BCUT2D eigenvalue weighted by Crippen LogP contribution is -2.40. The molecule has 3 aromatic heterocycles. The third kappa shape index (κ3) is 3.86. The molecule has 1 aliphatic heterocycles. The third-order valence-electron chi connectivity index (χ3n) is 5.81. The number of amides is 1. The molecule has 172 valence electrons. The van der Waals surface area contributed by atoms with Crippen molar-refractivity contribution in [3.05, 3.63) is 101 Å². The van der Waals surface area contributed by atoms with Gasteiger partial charge in [-0.1, -0.05) is 35.6 Å². The molecule has 1 atom stereocenters. The van der Waals surface area contributed by atoms with Crippen molar-refractivity contribution in [3.8, 4) is 0 Å². The topological polar surface area (TPSA) is 81.3 Å². The van der Waals surface area contributed by atoms with E-state index in [1.165, 1.54) is 22.7 Å². The molecule has 0 bridgehead atoms. The minimum Gasteiger partial charge on any atom is -0.322 e. The minimum atomic E-state index is -0.544. The molecule has 4 heterocycles. The van der Waals surface area contributed by atoms with Gasteiger partial charge in [0.25, 0.3) is 11.5 Å². The second-order valence-electron chi connectivity index (χ2n) is 8.21. The van der Waals surface area contributed by atoms with E-state index >= 15 is 0 Å². The maximum absolute atomic E-state index is 13.6. The van der Waals surface area contributed by atoms with Gasteiger partial charge in [-0.05, 0) is 49.9 Å². The lowest BCUT2D eigenvalue weighted by Gasteiger charge is -2.24. The predicted molar refractivity (Wildman–Crippen MR) is 136 cm³/mol. The molecule has 1 amide bonds. The van der Waals surface area contributed by atoms with Crippen LogP contribution in [0.15, 0.2) is 69.0 Å². The molecule has 0 saturated carbocycles. The summed E-state index contributed by atoms with van der Waals surface area (Å²) in [6.07, 6.45) is 3.74. The number of carbonyl (C=O) groups is 1. The number of hydrogen-bond donors (Lipinski definition) is 1. The zero-order chi connectivity index (χ0) is 24.0. The number of rotatable bonds is 4. The summed E-state index contributed by atoms with van der Waals surface area (Å²) in [5.74, 6) is -0.258. The second-order valence-corrected chi connectivity index (χ2v) is 10.2. The van der Waals surface area contributed by atoms with E-state index in [0.29, 0.717) is 20.6 Å². The summed E-state index contributed by atoms with van der Waals surface area (Å²) in [6, 6.07) is 11.0. The van der Waals surface area contributed by atoms with Crippen LogP contribution in [0.4, 0.5) is 5.69 Å². The molecule has 0 spiro atoms. The SMILES string of the molecule is CC1=C(C(=O)Nc2ccccc2C)C(c2cccs2)n2c(s/c(=C/c3cn(C)nc3C)c2=O)=N1. The van der Waals surface area contributed by atoms with Crippen molar-refractivity contribution in [2.45, 2.75) is 26.8 Å². The van der Waals surface area contributed by atoms with Crippen molar-refractivity contribution in [2.75, 3.05) is 5.32 Å². The molecule has 1 unspecified atom stereocenters. The molecule has 0 radical (unpaired) electrons. The Labute approximate surface area is 204 Å². The molecule has 1 N–H and O–H groups in total. The fourth-order valence-corrected chi connectivity index (χ4v) is 5.99. The Morgan fingerprint density at radius 3 is 2.62 bits per heavy atom. The smallest absolute Gasteiger partial charge is 0.271 e. The summed E-state index contributed by atoms with van der Waals surface area (Å²) in [4.78, 5) is 33.4. The van der Waals surface area contributed by atoms with Gasteiger partial charge in [-0.3, -0.25) is 18.8 Å². The van der Waals surface area contributed by atoms with Gasteiger partial charge in [0.1, 0.15) is 6.04 Å². The van der Waals surface area contributed by atoms with Crippen molar-refractivity contribution < 1.29 is 4.79 Å². The van der Waals surface area contributed by atoms with Crippen LogP contribution in [-0.4, -0.2) is 20.3 Å². The molecule has 1 aromatic carbocycles. The number of fused-ring (bicyclic) bond motifs is 1. The largest absolute Gasteiger partial charge is 0.322 e. The fourth-order valence-electron chi connectivity index (χ4n) is 4.13. The number of benzene rings is 1. The average molecular weight is 490 g/mol. The number of allylic oxidation sites excluding steroid dienone is 1. The Kier molecular flexibility index (Phi) is 5.66. The maximum Gasteiger partial charge on any atom is 0.271 e. The highest BCUT2D eigenvalue weighted by Crippen LogP contribution is 2.33. The molecule has 4 aromatic rings. The fraction of sp³-hybridized carbons (Fsp3) is 0.200. The first-order valence-corrected chi connectivity index (χ1v) is 12.5. The van der Waals surface area contributed by atoms with Crippen LogP contribution in [0.2, 0.25) is 0 Å². The lowest BCUT2D eigenvalue weighted by molar-refractivity contribution is -0.113. The van der Waals surface area contributed by atoms with Crippen LogP contribution < -0.4 is 20.2 Å². The van der Waals surface area contributed by atoms with E-state index < -0.39 is 6.04 Å². The number of nitrogens with one attached hydrogen (secondary N) is 1. The predicted octanol–water partition coefficient (Wildman–Crippen LogP) is 3.29. The van der Waals surface area contributed by atoms with Gasteiger partial charge in [0.2, 0.25) is 0 Å². The number of hydrogen-bond acceptors (Lipinski definition) is 6. The molecule has 0 fully saturated rings. The third-order valence-corrected chi connectivity index (χ3v) is 7.72. The van der Waals surface area contributed by atoms with E-state index in [4.69, 9.17) is 0 Å². The molecular weight excluding hydrogens is 466 g/mol. The van der Waals surface area contributed by atoms with Crippen LogP contribution >= 0.6 is 22.7 Å². The highest BCUT2D eigenvalue weighted by Gasteiger charge is 2.33. The number of aryl methyl sites for hydroxylation is 3. The van der Waals surface area contributed by atoms with Gasteiger partial charge in [-0.2, -0.15) is 5.10 Å². The molecule has 9 heteroatoms. The number of carbonyl (C=O) groups excluding carboxylic acids is 1. The first kappa shape index (κ1) is 22.2. The number of thiophene rings is 1. The van der Waals surface area contributed by atoms with Crippen molar-refractivity contribution >= 4 is 40.3 Å². The normalized spacial score (nSPS) is 15.9. The molecular formula is C25H23N5O2S2. The summed E-state index contributed by atoms with van der Waals surface area (Å²) < 4.78 is 3.93. The summed E-state index contributed by atoms with van der Waals surface area (Å²) in [5, 5.41) is 9.35. The van der Waals surface area contributed by atoms with Crippen LogP contribution in [0.1, 0.15) is 34.7 Å².